The van der Waals surface area contributed by atoms with Crippen LogP contribution in [0.3, 0.4) is 0 Å². The molecular formula is C17H13N3O5S. The average molecular weight is 371 g/mol. The maximum absolute atomic E-state index is 11.9. The number of nitrogens with one attached hydrogen (secondary N) is 1. The van der Waals surface area contributed by atoms with Crippen LogP contribution in [0.4, 0.5) is 5.69 Å². The summed E-state index contributed by atoms with van der Waals surface area (Å²) in [6, 6.07) is 7.86. The van der Waals surface area contributed by atoms with Crippen molar-refractivity contribution >= 4 is 40.5 Å². The highest BCUT2D eigenvalue weighted by atomic mass is 32.2. The molecule has 1 aromatic heterocycles. The summed E-state index contributed by atoms with van der Waals surface area (Å²) < 4.78 is 5.71. The third kappa shape index (κ3) is 3.72. The third-order valence-electron chi connectivity index (χ3n) is 3.50. The molecule has 1 N–H and O–H groups in total. The summed E-state index contributed by atoms with van der Waals surface area (Å²) in [6.07, 6.45) is 1.52. The molecule has 1 aliphatic heterocycles. The van der Waals surface area contributed by atoms with Crippen LogP contribution in [0.25, 0.3) is 17.4 Å². The number of carbonyl (C=O) groups is 2. The van der Waals surface area contributed by atoms with E-state index in [-0.39, 0.29) is 16.8 Å². The number of carbonyl (C=O) groups excluding carboxylic acids is 2. The minimum absolute atomic E-state index is 0.0308. The van der Waals surface area contributed by atoms with E-state index in [1.54, 1.807) is 18.2 Å². The summed E-state index contributed by atoms with van der Waals surface area (Å²) in [7, 11) is 0. The van der Waals surface area contributed by atoms with Gasteiger partial charge in [-0.05, 0) is 36.4 Å². The highest BCUT2D eigenvalue weighted by Crippen LogP contribution is 2.32. The summed E-state index contributed by atoms with van der Waals surface area (Å²) in [4.78, 5) is 37.5. The third-order valence-corrected chi connectivity index (χ3v) is 4.40. The van der Waals surface area contributed by atoms with Crippen molar-refractivity contribution in [3.63, 3.8) is 0 Å². The van der Waals surface area contributed by atoms with Gasteiger partial charge in [0.05, 0.1) is 9.83 Å². The number of hydrogen-bond donors (Lipinski definition) is 1. The summed E-state index contributed by atoms with van der Waals surface area (Å²) in [6.45, 7) is 3.15. The van der Waals surface area contributed by atoms with Crippen LogP contribution < -0.4 is 5.32 Å². The van der Waals surface area contributed by atoms with Crippen LogP contribution in [0, 0.1) is 17.0 Å². The molecule has 3 rings (SSSR count). The van der Waals surface area contributed by atoms with Gasteiger partial charge >= 0.3 is 0 Å². The van der Waals surface area contributed by atoms with Crippen LogP contribution in [0.2, 0.25) is 0 Å². The minimum Gasteiger partial charge on any atom is -0.457 e. The number of benzene rings is 1. The molecule has 0 atom stereocenters. The van der Waals surface area contributed by atoms with Gasteiger partial charge in [0.25, 0.3) is 11.6 Å². The fourth-order valence-corrected chi connectivity index (χ4v) is 3.15. The molecule has 26 heavy (non-hydrogen) atoms. The van der Waals surface area contributed by atoms with E-state index in [0.717, 1.165) is 17.3 Å². The fraction of sp³-hybridized carbons (Fsp3) is 0.118. The molecule has 0 fully saturated rings. The minimum atomic E-state index is -0.469. The lowest BCUT2D eigenvalue weighted by molar-refractivity contribution is -0.384. The van der Waals surface area contributed by atoms with Gasteiger partial charge in [0.2, 0.25) is 5.91 Å². The number of rotatable bonds is 3. The number of nitro benzene ring substituents is 1. The Morgan fingerprint density at radius 1 is 1.35 bits per heavy atom. The highest BCUT2D eigenvalue weighted by molar-refractivity contribution is 8.18. The molecule has 0 spiro atoms. The number of amides is 2. The Hall–Kier alpha value is -3.20. The summed E-state index contributed by atoms with van der Waals surface area (Å²) in [5.74, 6) is 0.0764. The Balaban J connectivity index is 1.86. The molecular weight excluding hydrogens is 358 g/mol. The van der Waals surface area contributed by atoms with E-state index in [1.165, 1.54) is 25.1 Å². The molecule has 0 unspecified atom stereocenters. The number of hydrogen-bond acceptors (Lipinski definition) is 6. The van der Waals surface area contributed by atoms with Crippen LogP contribution in [0.5, 0.6) is 0 Å². The summed E-state index contributed by atoms with van der Waals surface area (Å²) >= 11 is 1.04. The second-order valence-electron chi connectivity index (χ2n) is 5.47. The van der Waals surface area contributed by atoms with Crippen molar-refractivity contribution in [2.45, 2.75) is 13.8 Å². The number of furan rings is 1. The number of aryl methyl sites for hydroxylation is 1. The summed E-state index contributed by atoms with van der Waals surface area (Å²) in [5.41, 5.74) is 1.40. The van der Waals surface area contributed by atoms with Gasteiger partial charge < -0.3 is 9.73 Å². The van der Waals surface area contributed by atoms with E-state index < -0.39 is 10.8 Å². The maximum atomic E-state index is 11.9. The average Bonchev–Trinajstić information content (AvgIpc) is 3.14. The van der Waals surface area contributed by atoms with Gasteiger partial charge in [0.1, 0.15) is 11.5 Å². The monoisotopic (exact) mass is 371 g/mol. The van der Waals surface area contributed by atoms with Crippen molar-refractivity contribution in [2.75, 3.05) is 0 Å². The lowest BCUT2D eigenvalue weighted by Crippen LogP contribution is -2.23. The van der Waals surface area contributed by atoms with E-state index in [9.17, 15) is 19.7 Å². The number of thioether (sulfide) groups is 1. The van der Waals surface area contributed by atoms with E-state index >= 15 is 0 Å². The summed E-state index contributed by atoms with van der Waals surface area (Å²) in [5, 5.41) is 13.6. The van der Waals surface area contributed by atoms with Crippen molar-refractivity contribution in [1.29, 1.82) is 0 Å². The van der Waals surface area contributed by atoms with E-state index in [0.29, 0.717) is 22.0 Å². The standard InChI is InChI=1S/C17H13N3O5S/c1-9-3-4-11(20(23)24)7-13(9)14-6-5-12(25-14)8-15-16(22)19-17(26-15)18-10(2)21/h3-8H,1-2H3,(H,18,19,21,22)/b15-8-. The highest BCUT2D eigenvalue weighted by Gasteiger charge is 2.23. The molecule has 0 saturated heterocycles. The Labute approximate surface area is 152 Å². The van der Waals surface area contributed by atoms with E-state index in [2.05, 4.69) is 10.3 Å². The lowest BCUT2D eigenvalue weighted by atomic mass is 10.1. The normalized spacial score (nSPS) is 15.2. The zero-order chi connectivity index (χ0) is 18.8. The molecule has 2 amide bonds. The van der Waals surface area contributed by atoms with Crippen LogP contribution in [-0.4, -0.2) is 21.9 Å². The van der Waals surface area contributed by atoms with Crippen molar-refractivity contribution in [3.8, 4) is 11.3 Å². The van der Waals surface area contributed by atoms with Crippen molar-refractivity contribution in [3.05, 3.63) is 56.7 Å². The molecule has 1 aromatic carbocycles. The first-order valence-electron chi connectivity index (χ1n) is 7.49. The largest absolute Gasteiger partial charge is 0.457 e. The maximum Gasteiger partial charge on any atom is 0.286 e. The lowest BCUT2D eigenvalue weighted by Gasteiger charge is -2.02. The molecule has 132 valence electrons. The van der Waals surface area contributed by atoms with Gasteiger partial charge in [-0.1, -0.05) is 6.07 Å². The Bertz CT molecular complexity index is 990. The SMILES string of the molecule is CC(=O)NC1=NC(=O)/C(=C/c2ccc(-c3cc([N+](=O)[O-])ccc3C)o2)S1. The van der Waals surface area contributed by atoms with Crippen LogP contribution in [0.1, 0.15) is 18.2 Å². The molecule has 0 saturated carbocycles. The molecule has 1 aliphatic rings. The molecule has 0 bridgehead atoms. The smallest absolute Gasteiger partial charge is 0.286 e. The van der Waals surface area contributed by atoms with Crippen LogP contribution >= 0.6 is 11.8 Å². The van der Waals surface area contributed by atoms with Gasteiger partial charge in [-0.15, -0.1) is 0 Å². The first kappa shape index (κ1) is 17.6. The predicted octanol–water partition coefficient (Wildman–Crippen LogP) is 3.27. The number of nitrogens with zero attached hydrogens (tertiary/aromatic N) is 2. The molecule has 9 heteroatoms. The van der Waals surface area contributed by atoms with Crippen molar-refractivity contribution in [2.24, 2.45) is 4.99 Å². The zero-order valence-electron chi connectivity index (χ0n) is 13.8. The molecule has 2 heterocycles. The number of aliphatic imine (C=N–C) groups is 1. The van der Waals surface area contributed by atoms with Crippen LogP contribution in [-0.2, 0) is 9.59 Å². The fourth-order valence-electron chi connectivity index (χ4n) is 2.31. The van der Waals surface area contributed by atoms with Gasteiger partial charge in [-0.2, -0.15) is 4.99 Å². The van der Waals surface area contributed by atoms with Gasteiger partial charge in [0, 0.05) is 30.7 Å². The number of nitro groups is 1. The topological polar surface area (TPSA) is 115 Å². The van der Waals surface area contributed by atoms with Gasteiger partial charge in [0.15, 0.2) is 5.17 Å². The first-order chi connectivity index (χ1) is 12.3. The first-order valence-corrected chi connectivity index (χ1v) is 8.30. The van der Waals surface area contributed by atoms with E-state index in [1.807, 2.05) is 6.92 Å². The number of non-ortho nitro benzene ring substituents is 1. The Kier molecular flexibility index (Phi) is 4.72. The second kappa shape index (κ2) is 6.96. The van der Waals surface area contributed by atoms with Crippen LogP contribution in [0.15, 0.2) is 44.6 Å². The molecule has 0 aliphatic carbocycles. The Morgan fingerprint density at radius 2 is 2.12 bits per heavy atom. The van der Waals surface area contributed by atoms with Crippen molar-refractivity contribution < 1.29 is 18.9 Å². The van der Waals surface area contributed by atoms with Gasteiger partial charge in [-0.25, -0.2) is 0 Å². The molecule has 0 radical (unpaired) electrons. The Morgan fingerprint density at radius 3 is 2.81 bits per heavy atom. The second-order valence-corrected chi connectivity index (χ2v) is 6.50. The van der Waals surface area contributed by atoms with E-state index in [4.69, 9.17) is 4.42 Å². The number of amidine groups is 1. The predicted molar refractivity (Wildman–Crippen MR) is 97.4 cm³/mol. The molecule has 8 nitrogen and oxygen atoms in total. The van der Waals surface area contributed by atoms with Crippen molar-refractivity contribution in [1.82, 2.24) is 5.32 Å². The molecule has 2 aromatic rings. The van der Waals surface area contributed by atoms with Gasteiger partial charge in [-0.3, -0.25) is 19.7 Å². The zero-order valence-corrected chi connectivity index (χ0v) is 14.6. The quantitative estimate of drug-likeness (QED) is 0.503.